The molecule has 0 saturated carbocycles. The highest BCUT2D eigenvalue weighted by atomic mass is 35.5. The quantitative estimate of drug-likeness (QED) is 0.571. The molecule has 0 aliphatic carbocycles. The van der Waals surface area contributed by atoms with Gasteiger partial charge < -0.3 is 4.90 Å². The molecule has 1 aliphatic heterocycles. The van der Waals surface area contributed by atoms with E-state index in [-0.39, 0.29) is 10.7 Å². The minimum atomic E-state index is -3.56. The van der Waals surface area contributed by atoms with Crippen molar-refractivity contribution in [3.8, 4) is 0 Å². The number of sulfonamides is 1. The van der Waals surface area contributed by atoms with Crippen molar-refractivity contribution in [2.24, 2.45) is 0 Å². The van der Waals surface area contributed by atoms with Gasteiger partial charge in [-0.15, -0.1) is 0 Å². The molecular formula is C18H20ClN3O4S. The van der Waals surface area contributed by atoms with Crippen molar-refractivity contribution in [3.63, 3.8) is 0 Å². The lowest BCUT2D eigenvalue weighted by atomic mass is 10.2. The van der Waals surface area contributed by atoms with Crippen LogP contribution in [0.2, 0.25) is 5.02 Å². The second-order valence-corrected chi connectivity index (χ2v) is 8.87. The average molecular weight is 410 g/mol. The lowest BCUT2D eigenvalue weighted by molar-refractivity contribution is -0.384. The molecule has 0 N–H and O–H groups in total. The zero-order valence-corrected chi connectivity index (χ0v) is 16.6. The largest absolute Gasteiger partial charge is 0.368 e. The number of halogens is 1. The second-order valence-electron chi connectivity index (χ2n) is 6.55. The van der Waals surface area contributed by atoms with E-state index in [0.29, 0.717) is 36.8 Å². The fraction of sp³-hybridized carbons (Fsp3) is 0.333. The van der Waals surface area contributed by atoms with E-state index in [4.69, 9.17) is 11.6 Å². The van der Waals surface area contributed by atoms with Gasteiger partial charge in [-0.1, -0.05) is 29.3 Å². The molecule has 0 unspecified atom stereocenters. The van der Waals surface area contributed by atoms with Gasteiger partial charge in [-0.3, -0.25) is 10.1 Å². The van der Waals surface area contributed by atoms with Gasteiger partial charge in [0.1, 0.15) is 0 Å². The minimum Gasteiger partial charge on any atom is -0.368 e. The van der Waals surface area contributed by atoms with Crippen LogP contribution in [0.5, 0.6) is 0 Å². The molecule has 0 atom stereocenters. The van der Waals surface area contributed by atoms with Crippen LogP contribution in [0.3, 0.4) is 0 Å². The lowest BCUT2D eigenvalue weighted by Gasteiger charge is -2.36. The zero-order chi connectivity index (χ0) is 19.8. The molecule has 2 aromatic rings. The van der Waals surface area contributed by atoms with Crippen LogP contribution in [0.1, 0.15) is 11.1 Å². The highest BCUT2D eigenvalue weighted by Crippen LogP contribution is 2.31. The van der Waals surface area contributed by atoms with Crippen molar-refractivity contribution in [3.05, 3.63) is 62.7 Å². The zero-order valence-electron chi connectivity index (χ0n) is 15.1. The summed E-state index contributed by atoms with van der Waals surface area (Å²) in [6.07, 6.45) is 0. The minimum absolute atomic E-state index is 0.0696. The van der Waals surface area contributed by atoms with E-state index in [9.17, 15) is 18.5 Å². The Hall–Kier alpha value is -2.16. The Morgan fingerprint density at radius 1 is 1.04 bits per heavy atom. The summed E-state index contributed by atoms with van der Waals surface area (Å²) in [5.74, 6) is 0. The third-order valence-electron chi connectivity index (χ3n) is 4.67. The van der Waals surface area contributed by atoms with Gasteiger partial charge >= 0.3 is 0 Å². The summed E-state index contributed by atoms with van der Waals surface area (Å²) < 4.78 is 27.4. The predicted octanol–water partition coefficient (Wildman–Crippen LogP) is 3.38. The van der Waals surface area contributed by atoms with Crippen LogP contribution in [0.25, 0.3) is 0 Å². The van der Waals surface area contributed by atoms with Crippen LogP contribution >= 0.6 is 11.6 Å². The first-order chi connectivity index (χ1) is 12.7. The number of hydrogen-bond acceptors (Lipinski definition) is 5. The molecule has 0 radical (unpaired) electrons. The summed E-state index contributed by atoms with van der Waals surface area (Å²) in [4.78, 5) is 12.6. The number of non-ortho nitro benzene ring substituents is 1. The van der Waals surface area contributed by atoms with Crippen molar-refractivity contribution >= 4 is 33.0 Å². The molecule has 9 heteroatoms. The smallest absolute Gasteiger partial charge is 0.271 e. The maximum absolute atomic E-state index is 13.0. The molecule has 1 heterocycles. The van der Waals surface area contributed by atoms with Gasteiger partial charge in [0.15, 0.2) is 0 Å². The topological polar surface area (TPSA) is 83.8 Å². The number of anilines is 1. The van der Waals surface area contributed by atoms with Crippen LogP contribution < -0.4 is 4.90 Å². The number of hydrogen-bond donors (Lipinski definition) is 0. The highest BCUT2D eigenvalue weighted by Gasteiger charge is 2.30. The summed E-state index contributed by atoms with van der Waals surface area (Å²) in [6, 6.07) is 9.64. The molecular weight excluding hydrogens is 390 g/mol. The van der Waals surface area contributed by atoms with Gasteiger partial charge in [0.2, 0.25) is 10.0 Å². The molecule has 3 rings (SSSR count). The first-order valence-corrected chi connectivity index (χ1v) is 10.3. The summed E-state index contributed by atoms with van der Waals surface area (Å²) >= 11 is 6.19. The third kappa shape index (κ3) is 3.92. The second kappa shape index (κ2) is 7.46. The van der Waals surface area contributed by atoms with Crippen molar-refractivity contribution in [1.82, 2.24) is 4.31 Å². The Labute approximate surface area is 163 Å². The van der Waals surface area contributed by atoms with Crippen LogP contribution in [-0.2, 0) is 10.0 Å². The summed E-state index contributed by atoms with van der Waals surface area (Å²) in [5.41, 5.74) is 2.35. The maximum atomic E-state index is 13.0. The molecule has 2 aromatic carbocycles. The van der Waals surface area contributed by atoms with Gasteiger partial charge in [-0.05, 0) is 31.5 Å². The van der Waals surface area contributed by atoms with Gasteiger partial charge in [-0.2, -0.15) is 4.31 Å². The van der Waals surface area contributed by atoms with E-state index < -0.39 is 14.9 Å². The number of benzene rings is 2. The summed E-state index contributed by atoms with van der Waals surface area (Å²) in [7, 11) is -3.56. The third-order valence-corrected chi connectivity index (χ3v) is 7.03. The molecule has 7 nitrogen and oxygen atoms in total. The fourth-order valence-corrected chi connectivity index (χ4v) is 5.19. The van der Waals surface area contributed by atoms with Crippen molar-refractivity contribution < 1.29 is 13.3 Å². The molecule has 1 aliphatic rings. The number of nitrogens with zero attached hydrogens (tertiary/aromatic N) is 3. The van der Waals surface area contributed by atoms with Gasteiger partial charge in [0.05, 0.1) is 20.5 Å². The molecule has 27 heavy (non-hydrogen) atoms. The molecule has 0 aromatic heterocycles. The number of rotatable bonds is 4. The number of piperazine rings is 1. The monoisotopic (exact) mass is 409 g/mol. The molecule has 1 saturated heterocycles. The van der Waals surface area contributed by atoms with E-state index in [1.807, 2.05) is 17.9 Å². The summed E-state index contributed by atoms with van der Waals surface area (Å²) in [6.45, 7) is 5.29. The van der Waals surface area contributed by atoms with Gasteiger partial charge in [-0.25, -0.2) is 8.42 Å². The molecule has 0 spiro atoms. The molecule has 1 fully saturated rings. The highest BCUT2D eigenvalue weighted by molar-refractivity contribution is 7.89. The lowest BCUT2D eigenvalue weighted by Crippen LogP contribution is -2.48. The van der Waals surface area contributed by atoms with E-state index in [1.165, 1.54) is 16.4 Å². The SMILES string of the molecule is Cc1ccc(S(=O)(=O)N2CCN(c3ccc([N+](=O)[O-])cc3Cl)CC2)c(C)c1. The Kier molecular flexibility index (Phi) is 5.41. The van der Waals surface area contributed by atoms with Crippen molar-refractivity contribution in [2.75, 3.05) is 31.1 Å². The molecule has 144 valence electrons. The Morgan fingerprint density at radius 2 is 1.70 bits per heavy atom. The Morgan fingerprint density at radius 3 is 2.26 bits per heavy atom. The number of nitro benzene ring substituents is 1. The van der Waals surface area contributed by atoms with Gasteiger partial charge in [0, 0.05) is 38.3 Å². The molecule has 0 amide bonds. The average Bonchev–Trinajstić information content (AvgIpc) is 2.61. The van der Waals surface area contributed by atoms with E-state index in [2.05, 4.69) is 0 Å². The normalized spacial score (nSPS) is 15.7. The standard InChI is InChI=1S/C18H20ClN3O4S/c1-13-3-6-18(14(2)11-13)27(25,26)21-9-7-20(8-10-21)17-5-4-15(22(23)24)12-16(17)19/h3-6,11-12H,7-10H2,1-2H3. The summed E-state index contributed by atoms with van der Waals surface area (Å²) in [5, 5.41) is 11.1. The fourth-order valence-electron chi connectivity index (χ4n) is 3.26. The predicted molar refractivity (Wildman–Crippen MR) is 105 cm³/mol. The van der Waals surface area contributed by atoms with Crippen LogP contribution in [-0.4, -0.2) is 43.8 Å². The van der Waals surface area contributed by atoms with Crippen molar-refractivity contribution in [2.45, 2.75) is 18.7 Å². The number of nitro groups is 1. The Balaban J connectivity index is 1.76. The van der Waals surface area contributed by atoms with Crippen LogP contribution in [0, 0.1) is 24.0 Å². The maximum Gasteiger partial charge on any atom is 0.271 e. The van der Waals surface area contributed by atoms with Crippen molar-refractivity contribution in [1.29, 1.82) is 0 Å². The van der Waals surface area contributed by atoms with Crippen LogP contribution in [0.15, 0.2) is 41.3 Å². The van der Waals surface area contributed by atoms with Gasteiger partial charge in [0.25, 0.3) is 5.69 Å². The first kappa shape index (κ1) is 19.6. The van der Waals surface area contributed by atoms with E-state index >= 15 is 0 Å². The van der Waals surface area contributed by atoms with Crippen LogP contribution in [0.4, 0.5) is 11.4 Å². The first-order valence-electron chi connectivity index (χ1n) is 8.46. The molecule has 0 bridgehead atoms. The number of aryl methyl sites for hydroxylation is 2. The van der Waals surface area contributed by atoms with E-state index in [1.54, 1.807) is 25.1 Å². The van der Waals surface area contributed by atoms with E-state index in [0.717, 1.165) is 11.1 Å². The Bertz CT molecular complexity index is 986.